The molecule has 1 amide bonds. The van der Waals surface area contributed by atoms with Gasteiger partial charge in [-0.15, -0.1) is 0 Å². The smallest absolute Gasteiger partial charge is 0.272 e. The molecule has 1 aliphatic heterocycles. The fourth-order valence-corrected chi connectivity index (χ4v) is 3.14. The van der Waals surface area contributed by atoms with E-state index in [1.165, 1.54) is 5.56 Å². The van der Waals surface area contributed by atoms with Gasteiger partial charge >= 0.3 is 0 Å². The van der Waals surface area contributed by atoms with Gasteiger partial charge in [-0.1, -0.05) is 48.0 Å². The van der Waals surface area contributed by atoms with Crippen LogP contribution in [0.2, 0.25) is 5.15 Å². The van der Waals surface area contributed by atoms with Crippen molar-refractivity contribution in [3.8, 4) is 0 Å². The first kappa shape index (κ1) is 15.0. The van der Waals surface area contributed by atoms with E-state index in [-0.39, 0.29) is 5.91 Å². The number of hydrogen-bond acceptors (Lipinski definition) is 2. The van der Waals surface area contributed by atoms with Gasteiger partial charge in [-0.25, -0.2) is 4.98 Å². The van der Waals surface area contributed by atoms with Gasteiger partial charge in [-0.2, -0.15) is 0 Å². The highest BCUT2D eigenvalue weighted by Gasteiger charge is 2.24. The van der Waals surface area contributed by atoms with Gasteiger partial charge in [0.15, 0.2) is 0 Å². The van der Waals surface area contributed by atoms with Crippen molar-refractivity contribution in [2.45, 2.75) is 19.3 Å². The molecule has 0 aliphatic carbocycles. The summed E-state index contributed by atoms with van der Waals surface area (Å²) in [6, 6.07) is 15.7. The van der Waals surface area contributed by atoms with E-state index in [1.54, 1.807) is 18.2 Å². The Labute approximate surface area is 135 Å². The maximum Gasteiger partial charge on any atom is 0.272 e. The molecule has 1 fully saturated rings. The molecular formula is C18H19ClN2O. The van der Waals surface area contributed by atoms with E-state index in [1.807, 2.05) is 11.0 Å². The molecule has 0 radical (unpaired) electrons. The molecule has 3 nitrogen and oxygen atoms in total. The van der Waals surface area contributed by atoms with Gasteiger partial charge in [0.1, 0.15) is 10.8 Å². The molecule has 0 spiro atoms. The Bertz CT molecular complexity index is 637. The second-order valence-corrected chi connectivity index (χ2v) is 6.16. The summed E-state index contributed by atoms with van der Waals surface area (Å²) < 4.78 is 0. The number of pyridine rings is 1. The third kappa shape index (κ3) is 3.66. The summed E-state index contributed by atoms with van der Waals surface area (Å²) in [7, 11) is 0. The first-order valence-corrected chi connectivity index (χ1v) is 8.06. The van der Waals surface area contributed by atoms with Gasteiger partial charge in [0.25, 0.3) is 5.91 Å². The Morgan fingerprint density at radius 2 is 1.82 bits per heavy atom. The van der Waals surface area contributed by atoms with Crippen LogP contribution < -0.4 is 0 Å². The van der Waals surface area contributed by atoms with Crippen LogP contribution in [0.1, 0.15) is 28.9 Å². The lowest BCUT2D eigenvalue weighted by molar-refractivity contribution is 0.0684. The van der Waals surface area contributed by atoms with Gasteiger partial charge in [0.2, 0.25) is 0 Å². The van der Waals surface area contributed by atoms with E-state index >= 15 is 0 Å². The molecule has 3 rings (SSSR count). The lowest BCUT2D eigenvalue weighted by atomic mass is 9.90. The molecule has 2 heterocycles. The van der Waals surface area contributed by atoms with Crippen molar-refractivity contribution in [3.05, 3.63) is 64.9 Å². The maximum atomic E-state index is 12.4. The molecule has 0 atom stereocenters. The number of halogens is 1. The van der Waals surface area contributed by atoms with E-state index in [0.29, 0.717) is 16.8 Å². The molecule has 4 heteroatoms. The molecule has 114 valence electrons. The zero-order valence-electron chi connectivity index (χ0n) is 12.4. The van der Waals surface area contributed by atoms with E-state index in [9.17, 15) is 4.79 Å². The van der Waals surface area contributed by atoms with Crippen LogP contribution in [0.3, 0.4) is 0 Å². The number of hydrogen-bond donors (Lipinski definition) is 0. The van der Waals surface area contributed by atoms with Crippen LogP contribution in [0.5, 0.6) is 0 Å². The van der Waals surface area contributed by atoms with Crippen LogP contribution in [0.15, 0.2) is 48.5 Å². The number of aromatic nitrogens is 1. The monoisotopic (exact) mass is 314 g/mol. The maximum absolute atomic E-state index is 12.4. The minimum absolute atomic E-state index is 0.0133. The fraction of sp³-hybridized carbons (Fsp3) is 0.333. The number of amides is 1. The molecule has 0 unspecified atom stereocenters. The second kappa shape index (κ2) is 6.93. The van der Waals surface area contributed by atoms with Gasteiger partial charge in [0.05, 0.1) is 0 Å². The normalized spacial score (nSPS) is 15.8. The molecular weight excluding hydrogens is 296 g/mol. The van der Waals surface area contributed by atoms with Crippen molar-refractivity contribution in [1.82, 2.24) is 9.88 Å². The van der Waals surface area contributed by atoms with E-state index < -0.39 is 0 Å². The molecule has 0 N–H and O–H groups in total. The summed E-state index contributed by atoms with van der Waals surface area (Å²) >= 11 is 5.86. The summed E-state index contributed by atoms with van der Waals surface area (Å²) in [5, 5.41) is 0.366. The zero-order valence-corrected chi connectivity index (χ0v) is 13.2. The third-order valence-corrected chi connectivity index (χ3v) is 4.41. The highest BCUT2D eigenvalue weighted by Crippen LogP contribution is 2.22. The topological polar surface area (TPSA) is 33.2 Å². The average molecular weight is 315 g/mol. The zero-order chi connectivity index (χ0) is 15.4. The molecule has 1 aliphatic rings. The van der Waals surface area contributed by atoms with Crippen molar-refractivity contribution in [2.24, 2.45) is 5.92 Å². The minimum atomic E-state index is -0.0133. The number of rotatable bonds is 3. The summed E-state index contributed by atoms with van der Waals surface area (Å²) in [4.78, 5) is 18.4. The largest absolute Gasteiger partial charge is 0.337 e. The van der Waals surface area contributed by atoms with Crippen molar-refractivity contribution in [2.75, 3.05) is 13.1 Å². The molecule has 0 saturated carbocycles. The Morgan fingerprint density at radius 1 is 1.09 bits per heavy atom. The third-order valence-electron chi connectivity index (χ3n) is 4.20. The van der Waals surface area contributed by atoms with Crippen molar-refractivity contribution < 1.29 is 4.79 Å². The first-order valence-electron chi connectivity index (χ1n) is 7.68. The second-order valence-electron chi connectivity index (χ2n) is 5.77. The quantitative estimate of drug-likeness (QED) is 0.807. The van der Waals surface area contributed by atoms with E-state index in [4.69, 9.17) is 11.6 Å². The number of carbonyl (C=O) groups is 1. The molecule has 1 aromatic carbocycles. The predicted octanol–water partition coefficient (Wildman–Crippen LogP) is 3.83. The summed E-state index contributed by atoms with van der Waals surface area (Å²) in [5.41, 5.74) is 1.82. The number of benzene rings is 1. The summed E-state index contributed by atoms with van der Waals surface area (Å²) in [6.45, 7) is 1.59. The SMILES string of the molecule is O=C(c1cccc(Cl)n1)N1CCC(Cc2ccccc2)CC1. The van der Waals surface area contributed by atoms with Gasteiger partial charge in [0, 0.05) is 13.1 Å². The Hall–Kier alpha value is -1.87. The van der Waals surface area contributed by atoms with Crippen LogP contribution >= 0.6 is 11.6 Å². The summed E-state index contributed by atoms with van der Waals surface area (Å²) in [5.74, 6) is 0.638. The highest BCUT2D eigenvalue weighted by molar-refractivity contribution is 6.29. The number of likely N-dealkylation sites (tertiary alicyclic amines) is 1. The Morgan fingerprint density at radius 3 is 2.50 bits per heavy atom. The Balaban J connectivity index is 1.56. The van der Waals surface area contributed by atoms with Crippen LogP contribution in [0.25, 0.3) is 0 Å². The van der Waals surface area contributed by atoms with Crippen LogP contribution in [-0.2, 0) is 6.42 Å². The fourth-order valence-electron chi connectivity index (χ4n) is 2.98. The van der Waals surface area contributed by atoms with Gasteiger partial charge in [-0.05, 0) is 42.9 Å². The van der Waals surface area contributed by atoms with Crippen molar-refractivity contribution in [3.63, 3.8) is 0 Å². The van der Waals surface area contributed by atoms with Crippen LogP contribution in [0.4, 0.5) is 0 Å². The molecule has 0 bridgehead atoms. The van der Waals surface area contributed by atoms with Gasteiger partial charge < -0.3 is 4.90 Å². The summed E-state index contributed by atoms with van der Waals surface area (Å²) in [6.07, 6.45) is 3.18. The molecule has 22 heavy (non-hydrogen) atoms. The number of nitrogens with zero attached hydrogens (tertiary/aromatic N) is 2. The lowest BCUT2D eigenvalue weighted by Crippen LogP contribution is -2.39. The van der Waals surface area contributed by atoms with E-state index in [2.05, 4.69) is 29.2 Å². The molecule has 1 saturated heterocycles. The van der Waals surface area contributed by atoms with E-state index in [0.717, 1.165) is 32.4 Å². The molecule has 2 aromatic rings. The van der Waals surface area contributed by atoms with Crippen molar-refractivity contribution >= 4 is 17.5 Å². The Kier molecular flexibility index (Phi) is 4.74. The number of piperidine rings is 1. The lowest BCUT2D eigenvalue weighted by Gasteiger charge is -2.32. The standard InChI is InChI=1S/C18H19ClN2O/c19-17-8-4-7-16(20-17)18(22)21-11-9-15(10-12-21)13-14-5-2-1-3-6-14/h1-8,15H,9-13H2. The van der Waals surface area contributed by atoms with Crippen LogP contribution in [-0.4, -0.2) is 28.9 Å². The van der Waals surface area contributed by atoms with Crippen molar-refractivity contribution in [1.29, 1.82) is 0 Å². The first-order chi connectivity index (χ1) is 10.7. The highest BCUT2D eigenvalue weighted by atomic mass is 35.5. The molecule has 1 aromatic heterocycles. The van der Waals surface area contributed by atoms with Crippen LogP contribution in [0, 0.1) is 5.92 Å². The number of carbonyl (C=O) groups excluding carboxylic acids is 1. The predicted molar refractivity (Wildman–Crippen MR) is 88.0 cm³/mol. The minimum Gasteiger partial charge on any atom is -0.337 e. The van der Waals surface area contributed by atoms with Gasteiger partial charge in [-0.3, -0.25) is 4.79 Å². The average Bonchev–Trinajstić information content (AvgIpc) is 2.56.